The number of hydrogen-bond acceptors (Lipinski definition) is 4. The summed E-state index contributed by atoms with van der Waals surface area (Å²) in [6.07, 6.45) is 2.12. The van der Waals surface area contributed by atoms with Crippen LogP contribution in [0.25, 0.3) is 0 Å². The van der Waals surface area contributed by atoms with E-state index in [9.17, 15) is 14.3 Å². The number of pyridine rings is 1. The van der Waals surface area contributed by atoms with Crippen molar-refractivity contribution >= 4 is 5.78 Å². The molecule has 18 heavy (non-hydrogen) atoms. The maximum absolute atomic E-state index is 12.7. The van der Waals surface area contributed by atoms with Crippen LogP contribution in [0.4, 0.5) is 4.39 Å². The highest BCUT2D eigenvalue weighted by Crippen LogP contribution is 2.20. The fourth-order valence-electron chi connectivity index (χ4n) is 2.16. The Morgan fingerprint density at radius 3 is 2.94 bits per heavy atom. The van der Waals surface area contributed by atoms with Crippen LogP contribution < -0.4 is 0 Å². The number of carbonyl (C=O) groups is 1. The van der Waals surface area contributed by atoms with Gasteiger partial charge in [0.1, 0.15) is 11.5 Å². The van der Waals surface area contributed by atoms with Crippen LogP contribution in [-0.4, -0.2) is 46.0 Å². The number of likely N-dealkylation sites (tertiary alicyclic amines) is 1. The van der Waals surface area contributed by atoms with Crippen LogP contribution in [-0.2, 0) is 0 Å². The zero-order valence-electron chi connectivity index (χ0n) is 10.4. The van der Waals surface area contributed by atoms with Crippen LogP contribution in [0, 0.1) is 5.82 Å². The summed E-state index contributed by atoms with van der Waals surface area (Å²) in [6.45, 7) is 3.80. The number of carbonyl (C=O) groups excluding carboxylic acids is 1. The minimum absolute atomic E-state index is 0.0958. The predicted molar refractivity (Wildman–Crippen MR) is 64.8 cm³/mol. The van der Waals surface area contributed by atoms with Crippen molar-refractivity contribution in [1.29, 1.82) is 0 Å². The highest BCUT2D eigenvalue weighted by atomic mass is 19.1. The third-order valence-corrected chi connectivity index (χ3v) is 3.20. The number of nitrogens with zero attached hydrogens (tertiary/aromatic N) is 2. The second-order valence-corrected chi connectivity index (χ2v) is 5.06. The lowest BCUT2D eigenvalue weighted by molar-refractivity contribution is 0.0676. The molecule has 0 aliphatic carbocycles. The largest absolute Gasteiger partial charge is 0.389 e. The van der Waals surface area contributed by atoms with Gasteiger partial charge in [-0.25, -0.2) is 4.39 Å². The van der Waals surface area contributed by atoms with Crippen molar-refractivity contribution in [2.24, 2.45) is 0 Å². The topological polar surface area (TPSA) is 53.4 Å². The van der Waals surface area contributed by atoms with Crippen LogP contribution in [0.1, 0.15) is 30.3 Å². The Bertz CT molecular complexity index is 431. The minimum atomic E-state index is -0.642. The van der Waals surface area contributed by atoms with Gasteiger partial charge in [-0.15, -0.1) is 0 Å². The summed E-state index contributed by atoms with van der Waals surface area (Å²) in [6, 6.07) is 2.64. The fourth-order valence-corrected chi connectivity index (χ4v) is 2.16. The van der Waals surface area contributed by atoms with Crippen LogP contribution >= 0.6 is 0 Å². The molecular formula is C13H17FN2O2. The second-order valence-electron chi connectivity index (χ2n) is 5.06. The first kappa shape index (κ1) is 13.1. The highest BCUT2D eigenvalue weighted by molar-refractivity contribution is 5.94. The first-order chi connectivity index (χ1) is 8.46. The molecule has 1 atom stereocenters. The van der Waals surface area contributed by atoms with Crippen molar-refractivity contribution in [3.05, 3.63) is 29.8 Å². The summed E-state index contributed by atoms with van der Waals surface area (Å²) in [5.41, 5.74) is -0.348. The van der Waals surface area contributed by atoms with Gasteiger partial charge in [0.2, 0.25) is 0 Å². The number of rotatable bonds is 4. The van der Waals surface area contributed by atoms with Gasteiger partial charge in [0.25, 0.3) is 0 Å². The van der Waals surface area contributed by atoms with E-state index in [1.165, 1.54) is 12.1 Å². The van der Waals surface area contributed by atoms with Crippen molar-refractivity contribution < 1.29 is 14.3 Å². The molecule has 0 saturated carbocycles. The van der Waals surface area contributed by atoms with E-state index >= 15 is 0 Å². The number of ketones is 1. The molecule has 2 rings (SSSR count). The molecule has 5 heteroatoms. The number of halogens is 1. The molecule has 1 saturated heterocycles. The summed E-state index contributed by atoms with van der Waals surface area (Å²) in [7, 11) is 0. The van der Waals surface area contributed by atoms with Crippen molar-refractivity contribution in [3.8, 4) is 0 Å². The summed E-state index contributed by atoms with van der Waals surface area (Å²) < 4.78 is 12.7. The predicted octanol–water partition coefficient (Wildman–Crippen LogP) is 1.25. The lowest BCUT2D eigenvalue weighted by Crippen LogP contribution is -2.31. The van der Waals surface area contributed by atoms with Crippen molar-refractivity contribution in [2.45, 2.75) is 25.4 Å². The second kappa shape index (κ2) is 5.12. The van der Waals surface area contributed by atoms with E-state index in [0.29, 0.717) is 25.2 Å². The smallest absolute Gasteiger partial charge is 0.182 e. The maximum Gasteiger partial charge on any atom is 0.182 e. The normalized spacial score (nSPS) is 24.4. The Labute approximate surface area is 105 Å². The van der Waals surface area contributed by atoms with Crippen molar-refractivity contribution in [1.82, 2.24) is 9.88 Å². The monoisotopic (exact) mass is 252 g/mol. The van der Waals surface area contributed by atoms with Crippen LogP contribution in [0.3, 0.4) is 0 Å². The van der Waals surface area contributed by atoms with E-state index in [0.717, 1.165) is 19.2 Å². The van der Waals surface area contributed by atoms with Gasteiger partial charge < -0.3 is 5.11 Å². The van der Waals surface area contributed by atoms with Gasteiger partial charge >= 0.3 is 0 Å². The van der Waals surface area contributed by atoms with Gasteiger partial charge in [0, 0.05) is 26.1 Å². The van der Waals surface area contributed by atoms with Gasteiger partial charge in [0.05, 0.1) is 11.8 Å². The molecule has 1 aliphatic rings. The first-order valence-electron chi connectivity index (χ1n) is 6.06. The number of Topliss-reactive ketones (excluding diaryl/α,β-unsaturated/α-hetero) is 1. The molecule has 2 heterocycles. The Morgan fingerprint density at radius 1 is 1.61 bits per heavy atom. The molecule has 0 aromatic carbocycles. The minimum Gasteiger partial charge on any atom is -0.389 e. The molecular weight excluding hydrogens is 235 g/mol. The lowest BCUT2D eigenvalue weighted by Gasteiger charge is -2.18. The average molecular weight is 252 g/mol. The Hall–Kier alpha value is -1.33. The Morgan fingerprint density at radius 2 is 2.39 bits per heavy atom. The quantitative estimate of drug-likeness (QED) is 0.819. The zero-order valence-corrected chi connectivity index (χ0v) is 10.4. The van der Waals surface area contributed by atoms with Gasteiger partial charge in [0.15, 0.2) is 5.78 Å². The standard InChI is InChI=1S/C13H17FN2O2/c1-13(18)5-7-16(9-13)6-4-12(17)11-3-2-10(14)8-15-11/h2-3,8,18H,4-7,9H2,1H3. The fraction of sp³-hybridized carbons (Fsp3) is 0.538. The Kier molecular flexibility index (Phi) is 3.73. The average Bonchev–Trinajstić information content (AvgIpc) is 2.67. The summed E-state index contributed by atoms with van der Waals surface area (Å²) >= 11 is 0. The SMILES string of the molecule is CC1(O)CCN(CCC(=O)c2ccc(F)cn2)C1. The molecule has 0 bridgehead atoms. The van der Waals surface area contributed by atoms with Gasteiger partial charge in [-0.05, 0) is 25.5 Å². The Balaban J connectivity index is 1.84. The van der Waals surface area contributed by atoms with E-state index in [4.69, 9.17) is 0 Å². The zero-order chi connectivity index (χ0) is 13.2. The molecule has 1 unspecified atom stereocenters. The van der Waals surface area contributed by atoms with E-state index in [2.05, 4.69) is 9.88 Å². The molecule has 0 radical (unpaired) electrons. The lowest BCUT2D eigenvalue weighted by atomic mass is 10.1. The third-order valence-electron chi connectivity index (χ3n) is 3.20. The van der Waals surface area contributed by atoms with E-state index in [1.54, 1.807) is 6.92 Å². The molecule has 0 amide bonds. The van der Waals surface area contributed by atoms with Gasteiger partial charge in [-0.3, -0.25) is 14.7 Å². The molecule has 1 fully saturated rings. The molecule has 0 spiro atoms. The maximum atomic E-state index is 12.7. The van der Waals surface area contributed by atoms with Crippen molar-refractivity contribution in [3.63, 3.8) is 0 Å². The third kappa shape index (κ3) is 3.34. The van der Waals surface area contributed by atoms with Crippen LogP contribution in [0.15, 0.2) is 18.3 Å². The van der Waals surface area contributed by atoms with Gasteiger partial charge in [-0.1, -0.05) is 0 Å². The van der Waals surface area contributed by atoms with E-state index < -0.39 is 11.4 Å². The first-order valence-corrected chi connectivity index (χ1v) is 6.06. The molecule has 1 aromatic rings. The summed E-state index contributed by atoms with van der Waals surface area (Å²) in [4.78, 5) is 17.6. The number of β-amino-alcohol motifs (C(OH)–C–C–N with tert-alkyl or cyclic N) is 1. The summed E-state index contributed by atoms with van der Waals surface area (Å²) in [5, 5.41) is 9.80. The van der Waals surface area contributed by atoms with E-state index in [-0.39, 0.29) is 5.78 Å². The molecule has 98 valence electrons. The van der Waals surface area contributed by atoms with Gasteiger partial charge in [-0.2, -0.15) is 0 Å². The highest BCUT2D eigenvalue weighted by Gasteiger charge is 2.31. The van der Waals surface area contributed by atoms with Crippen molar-refractivity contribution in [2.75, 3.05) is 19.6 Å². The number of aromatic nitrogens is 1. The molecule has 1 aromatic heterocycles. The van der Waals surface area contributed by atoms with E-state index in [1.807, 2.05) is 0 Å². The molecule has 4 nitrogen and oxygen atoms in total. The summed E-state index contributed by atoms with van der Waals surface area (Å²) in [5.74, 6) is -0.538. The molecule has 1 aliphatic heterocycles. The number of hydrogen-bond donors (Lipinski definition) is 1. The van der Waals surface area contributed by atoms with Crippen LogP contribution in [0.2, 0.25) is 0 Å². The van der Waals surface area contributed by atoms with Crippen LogP contribution in [0.5, 0.6) is 0 Å². The number of aliphatic hydroxyl groups is 1. The molecule has 1 N–H and O–H groups in total.